The quantitative estimate of drug-likeness (QED) is 0.0712. The molecule has 0 saturated carbocycles. The Morgan fingerprint density at radius 1 is 0.818 bits per heavy atom. The van der Waals surface area contributed by atoms with Gasteiger partial charge in [0.15, 0.2) is 29.4 Å². The Morgan fingerprint density at radius 2 is 1.39 bits per heavy atom. The highest BCUT2D eigenvalue weighted by molar-refractivity contribution is 5.94. The van der Waals surface area contributed by atoms with E-state index in [2.05, 4.69) is 22.5 Å². The number of hydrogen-bond acceptors (Lipinski definition) is 8. The van der Waals surface area contributed by atoms with Crippen molar-refractivity contribution < 1.29 is 50.9 Å². The van der Waals surface area contributed by atoms with E-state index in [1.165, 1.54) is 24.3 Å². The maximum absolute atomic E-state index is 14.3. The average Bonchev–Trinajstić information content (AvgIpc) is 3.82. The minimum atomic E-state index is -2.29. The maximum atomic E-state index is 14.3. The Hall–Kier alpha value is -3.94. The molecular formula is C30H34F5N3O6. The van der Waals surface area contributed by atoms with Crippen LogP contribution >= 0.6 is 0 Å². The molecule has 14 heteroatoms. The highest BCUT2D eigenvalue weighted by atomic mass is 19.2. The number of esters is 2. The molecular weight excluding hydrogens is 593 g/mol. The molecule has 0 saturated heterocycles. The fourth-order valence-electron chi connectivity index (χ4n) is 4.37. The van der Waals surface area contributed by atoms with E-state index in [4.69, 9.17) is 9.47 Å². The summed E-state index contributed by atoms with van der Waals surface area (Å²) in [6.45, 7) is 1.63. The van der Waals surface area contributed by atoms with Crippen molar-refractivity contribution in [1.29, 1.82) is 0 Å². The number of aliphatic hydroxyl groups is 1. The first kappa shape index (κ1) is 34.5. The molecule has 0 aromatic heterocycles. The fraction of sp³-hybridized carbons (Fsp3) is 0.500. The Labute approximate surface area is 250 Å². The molecule has 0 fully saturated rings. The van der Waals surface area contributed by atoms with Crippen LogP contribution in [0.1, 0.15) is 86.2 Å². The van der Waals surface area contributed by atoms with Gasteiger partial charge < -0.3 is 19.9 Å². The van der Waals surface area contributed by atoms with Gasteiger partial charge in [-0.2, -0.15) is 0 Å². The fourth-order valence-corrected chi connectivity index (χ4v) is 4.37. The van der Waals surface area contributed by atoms with Crippen molar-refractivity contribution in [3.05, 3.63) is 70.0 Å². The van der Waals surface area contributed by atoms with Gasteiger partial charge in [0.1, 0.15) is 6.61 Å². The van der Waals surface area contributed by atoms with Crippen LogP contribution in [0, 0.1) is 29.1 Å². The molecule has 1 amide bonds. The SMILES string of the molecule is CCCCCCC(=O)OC(CO)COC(=O)CCCCCNC(=O)c1ccc(C2(c3c(F)c(F)c(F)c(F)c3F)N=N2)cc1. The van der Waals surface area contributed by atoms with E-state index in [0.717, 1.165) is 19.3 Å². The molecule has 9 nitrogen and oxygen atoms in total. The molecule has 2 N–H and O–H groups in total. The standard InChI is InChI=1S/C30H34F5N3O6/c1-2-3-4-6-10-22(41)44-20(16-39)17-43-21(40)9-7-5-8-15-36-29(42)18-11-13-19(14-12-18)30(37-38-30)23-24(31)26(33)28(35)27(34)25(23)32/h11-14,20,39H,2-10,15-17H2,1H3,(H,36,42). The summed E-state index contributed by atoms with van der Waals surface area (Å²) >= 11 is 0. The number of nitrogens with zero attached hydrogens (tertiary/aromatic N) is 2. The molecule has 3 rings (SSSR count). The summed E-state index contributed by atoms with van der Waals surface area (Å²) in [5, 5.41) is 19.1. The van der Waals surface area contributed by atoms with Gasteiger partial charge in [0.2, 0.25) is 11.5 Å². The van der Waals surface area contributed by atoms with Crippen LogP contribution in [0.15, 0.2) is 34.5 Å². The molecule has 44 heavy (non-hydrogen) atoms. The number of benzene rings is 2. The second-order valence-electron chi connectivity index (χ2n) is 10.2. The summed E-state index contributed by atoms with van der Waals surface area (Å²) in [5.41, 5.74) is -3.11. The minimum Gasteiger partial charge on any atom is -0.462 e. The van der Waals surface area contributed by atoms with Gasteiger partial charge in [-0.25, -0.2) is 22.0 Å². The molecule has 1 unspecified atom stereocenters. The third-order valence-corrected chi connectivity index (χ3v) is 6.92. The van der Waals surface area contributed by atoms with E-state index < -0.39 is 70.9 Å². The lowest BCUT2D eigenvalue weighted by Crippen LogP contribution is -2.28. The van der Waals surface area contributed by atoms with E-state index in [9.17, 15) is 41.4 Å². The Kier molecular flexibility index (Phi) is 12.7. The monoisotopic (exact) mass is 627 g/mol. The molecule has 1 aliphatic rings. The van der Waals surface area contributed by atoms with Gasteiger partial charge in [-0.05, 0) is 31.4 Å². The van der Waals surface area contributed by atoms with Gasteiger partial charge in [0, 0.05) is 30.5 Å². The van der Waals surface area contributed by atoms with Crippen molar-refractivity contribution in [2.24, 2.45) is 10.2 Å². The van der Waals surface area contributed by atoms with Crippen molar-refractivity contribution in [3.8, 4) is 0 Å². The zero-order valence-electron chi connectivity index (χ0n) is 24.1. The minimum absolute atomic E-state index is 0.00928. The van der Waals surface area contributed by atoms with Crippen LogP contribution in [0.2, 0.25) is 0 Å². The summed E-state index contributed by atoms with van der Waals surface area (Å²) < 4.78 is 79.7. The van der Waals surface area contributed by atoms with Crippen LogP contribution in [0.3, 0.4) is 0 Å². The van der Waals surface area contributed by atoms with Crippen molar-refractivity contribution >= 4 is 17.8 Å². The van der Waals surface area contributed by atoms with Crippen LogP contribution in [0.4, 0.5) is 22.0 Å². The summed E-state index contributed by atoms with van der Waals surface area (Å²) in [4.78, 5) is 36.3. The van der Waals surface area contributed by atoms with Crippen molar-refractivity contribution in [3.63, 3.8) is 0 Å². The summed E-state index contributed by atoms with van der Waals surface area (Å²) in [7, 11) is 0. The molecule has 240 valence electrons. The lowest BCUT2D eigenvalue weighted by atomic mass is 9.92. The molecule has 0 spiro atoms. The van der Waals surface area contributed by atoms with Crippen LogP contribution in [-0.4, -0.2) is 48.8 Å². The average molecular weight is 628 g/mol. The molecule has 0 aliphatic carbocycles. The van der Waals surface area contributed by atoms with Crippen molar-refractivity contribution in [2.75, 3.05) is 19.8 Å². The molecule has 2 aromatic rings. The molecule has 1 atom stereocenters. The van der Waals surface area contributed by atoms with Gasteiger partial charge in [0.05, 0.1) is 12.2 Å². The van der Waals surface area contributed by atoms with E-state index in [-0.39, 0.29) is 37.1 Å². The number of ether oxygens (including phenoxy) is 2. The first-order valence-electron chi connectivity index (χ1n) is 14.4. The molecule has 2 aromatic carbocycles. The summed E-state index contributed by atoms with van der Waals surface area (Å²) in [6.07, 6.45) is 4.67. The molecule has 0 bridgehead atoms. The second kappa shape index (κ2) is 16.2. The molecule has 1 heterocycles. The molecule has 0 radical (unpaired) electrons. The van der Waals surface area contributed by atoms with Gasteiger partial charge >= 0.3 is 11.9 Å². The number of rotatable bonds is 18. The van der Waals surface area contributed by atoms with Gasteiger partial charge in [0.25, 0.3) is 5.91 Å². The lowest BCUT2D eigenvalue weighted by molar-refractivity contribution is -0.161. The van der Waals surface area contributed by atoms with Crippen LogP contribution < -0.4 is 5.32 Å². The van der Waals surface area contributed by atoms with Gasteiger partial charge in [-0.15, -0.1) is 10.2 Å². The number of aliphatic hydroxyl groups excluding tert-OH is 1. The zero-order valence-corrected chi connectivity index (χ0v) is 24.1. The van der Waals surface area contributed by atoms with E-state index >= 15 is 0 Å². The second-order valence-corrected chi connectivity index (χ2v) is 10.2. The highest BCUT2D eigenvalue weighted by Gasteiger charge is 2.51. The topological polar surface area (TPSA) is 127 Å². The van der Waals surface area contributed by atoms with Crippen LogP contribution in [-0.2, 0) is 24.7 Å². The van der Waals surface area contributed by atoms with Crippen molar-refractivity contribution in [1.82, 2.24) is 5.32 Å². The number of carbonyl (C=O) groups excluding carboxylic acids is 3. The lowest BCUT2D eigenvalue weighted by Gasteiger charge is -2.15. The van der Waals surface area contributed by atoms with E-state index in [1.54, 1.807) is 0 Å². The predicted octanol–water partition coefficient (Wildman–Crippen LogP) is 5.76. The number of hydrogen-bond donors (Lipinski definition) is 2. The number of halogens is 5. The van der Waals surface area contributed by atoms with Crippen LogP contribution in [0.25, 0.3) is 0 Å². The Balaban J connectivity index is 1.36. The van der Waals surface area contributed by atoms with Gasteiger partial charge in [-0.3, -0.25) is 14.4 Å². The predicted molar refractivity (Wildman–Crippen MR) is 146 cm³/mol. The normalized spacial score (nSPS) is 13.8. The van der Waals surface area contributed by atoms with E-state index in [0.29, 0.717) is 25.7 Å². The number of carbonyl (C=O) groups is 3. The number of amides is 1. The van der Waals surface area contributed by atoms with Crippen LogP contribution in [0.5, 0.6) is 0 Å². The zero-order chi connectivity index (χ0) is 32.3. The Bertz CT molecular complexity index is 1320. The summed E-state index contributed by atoms with van der Waals surface area (Å²) in [6, 6.07) is 5.13. The third-order valence-electron chi connectivity index (χ3n) is 6.92. The van der Waals surface area contributed by atoms with E-state index in [1.807, 2.05) is 0 Å². The molecule has 1 aliphatic heterocycles. The highest BCUT2D eigenvalue weighted by Crippen LogP contribution is 2.48. The maximum Gasteiger partial charge on any atom is 0.306 e. The van der Waals surface area contributed by atoms with Crippen molar-refractivity contribution in [2.45, 2.75) is 76.5 Å². The third kappa shape index (κ3) is 8.80. The largest absolute Gasteiger partial charge is 0.462 e. The smallest absolute Gasteiger partial charge is 0.306 e. The number of nitrogens with one attached hydrogen (secondary N) is 1. The Morgan fingerprint density at radius 3 is 1.95 bits per heavy atom. The first-order valence-corrected chi connectivity index (χ1v) is 14.4. The van der Waals surface area contributed by atoms with Gasteiger partial charge in [-0.1, -0.05) is 44.7 Å². The first-order chi connectivity index (χ1) is 21.0. The summed E-state index contributed by atoms with van der Waals surface area (Å²) in [5.74, 6) is -12.0. The number of unbranched alkanes of at least 4 members (excludes halogenated alkanes) is 5.